The van der Waals surface area contributed by atoms with Gasteiger partial charge >= 0.3 is 0 Å². The predicted molar refractivity (Wildman–Crippen MR) is 109 cm³/mol. The average Bonchev–Trinajstić information content (AvgIpc) is 2.89. The summed E-state index contributed by atoms with van der Waals surface area (Å²) < 4.78 is 0. The highest BCUT2D eigenvalue weighted by Gasteiger charge is 2.56. The summed E-state index contributed by atoms with van der Waals surface area (Å²) in [6, 6.07) is 17.5. The van der Waals surface area contributed by atoms with Crippen molar-refractivity contribution in [3.8, 4) is 0 Å². The van der Waals surface area contributed by atoms with Gasteiger partial charge in [0.25, 0.3) is 5.91 Å². The first-order valence-electron chi connectivity index (χ1n) is 9.67. The van der Waals surface area contributed by atoms with Gasteiger partial charge in [0.1, 0.15) is 0 Å². The predicted octanol–water partition coefficient (Wildman–Crippen LogP) is 3.60. The second-order valence-corrected chi connectivity index (χ2v) is 8.50. The fourth-order valence-electron chi connectivity index (χ4n) is 4.06. The molecule has 0 bridgehead atoms. The second kappa shape index (κ2) is 6.59. The Morgan fingerprint density at radius 1 is 1.07 bits per heavy atom. The second-order valence-electron chi connectivity index (χ2n) is 8.50. The Kier molecular flexibility index (Phi) is 4.33. The molecule has 0 radical (unpaired) electrons. The number of para-hydroxylation sites is 1. The summed E-state index contributed by atoms with van der Waals surface area (Å²) in [6.07, 6.45) is 0.765. The van der Waals surface area contributed by atoms with Crippen LogP contribution in [0.1, 0.15) is 44.7 Å². The van der Waals surface area contributed by atoms with E-state index in [4.69, 9.17) is 4.99 Å². The first-order valence-corrected chi connectivity index (χ1v) is 9.67. The molecule has 2 aliphatic rings. The van der Waals surface area contributed by atoms with E-state index in [0.717, 1.165) is 16.8 Å². The molecule has 1 fully saturated rings. The molecule has 5 heteroatoms. The highest BCUT2D eigenvalue weighted by atomic mass is 16.2. The molecule has 4 rings (SSSR count). The third kappa shape index (κ3) is 3.01. The molecule has 2 amide bonds. The van der Waals surface area contributed by atoms with Gasteiger partial charge in [0.05, 0.1) is 11.4 Å². The molecule has 0 aromatic heterocycles. The van der Waals surface area contributed by atoms with Crippen LogP contribution >= 0.6 is 0 Å². The van der Waals surface area contributed by atoms with Gasteiger partial charge in [-0.15, -0.1) is 0 Å². The molecule has 1 atom stereocenters. The molecule has 0 spiro atoms. The Balaban J connectivity index is 1.96. The molecule has 1 N–H and O–H groups in total. The lowest BCUT2D eigenvalue weighted by Crippen LogP contribution is -2.63. The van der Waals surface area contributed by atoms with E-state index in [-0.39, 0.29) is 11.8 Å². The van der Waals surface area contributed by atoms with Crippen molar-refractivity contribution in [3.05, 3.63) is 65.7 Å². The van der Waals surface area contributed by atoms with E-state index in [2.05, 4.69) is 5.32 Å². The Labute approximate surface area is 165 Å². The molecule has 2 aliphatic heterocycles. The summed E-state index contributed by atoms with van der Waals surface area (Å²) in [5.74, 6) is -0.175. The number of aliphatic imine (C=N–C) groups is 1. The van der Waals surface area contributed by atoms with Crippen molar-refractivity contribution in [1.82, 2.24) is 10.2 Å². The molecular formula is C23H25N3O2. The number of amides is 2. The third-order valence-electron chi connectivity index (χ3n) is 5.32. The number of hydrogen-bond donors (Lipinski definition) is 1. The van der Waals surface area contributed by atoms with Crippen molar-refractivity contribution in [2.75, 3.05) is 0 Å². The van der Waals surface area contributed by atoms with Crippen LogP contribution in [0.2, 0.25) is 0 Å². The van der Waals surface area contributed by atoms with E-state index < -0.39 is 11.1 Å². The van der Waals surface area contributed by atoms with Gasteiger partial charge in [-0.05, 0) is 44.4 Å². The first kappa shape index (κ1) is 18.4. The summed E-state index contributed by atoms with van der Waals surface area (Å²) in [5, 5.41) is 3.11. The van der Waals surface area contributed by atoms with Gasteiger partial charge in [-0.2, -0.15) is 0 Å². The molecule has 2 aromatic carbocycles. The SMILES string of the molecule is CC(C)(C)NC(=O)[C@]12CCC(=O)N1Cc1ccccc1N=C2c1ccccc1. The van der Waals surface area contributed by atoms with Crippen LogP contribution in [0, 0.1) is 0 Å². The summed E-state index contributed by atoms with van der Waals surface area (Å²) in [5.41, 5.74) is 1.76. The fourth-order valence-corrected chi connectivity index (χ4v) is 4.06. The molecule has 2 aromatic rings. The molecule has 1 saturated heterocycles. The maximum atomic E-state index is 13.7. The highest BCUT2D eigenvalue weighted by Crippen LogP contribution is 2.41. The van der Waals surface area contributed by atoms with Gasteiger partial charge in [-0.1, -0.05) is 48.5 Å². The van der Waals surface area contributed by atoms with Crippen molar-refractivity contribution in [2.24, 2.45) is 4.99 Å². The lowest BCUT2D eigenvalue weighted by Gasteiger charge is -2.39. The lowest BCUT2D eigenvalue weighted by molar-refractivity contribution is -0.139. The normalized spacial score (nSPS) is 21.5. The number of rotatable bonds is 2. The maximum Gasteiger partial charge on any atom is 0.252 e. The van der Waals surface area contributed by atoms with E-state index in [0.29, 0.717) is 25.1 Å². The Morgan fingerprint density at radius 2 is 1.75 bits per heavy atom. The van der Waals surface area contributed by atoms with Gasteiger partial charge in [-0.25, -0.2) is 4.99 Å². The number of carbonyl (C=O) groups excluding carboxylic acids is 2. The van der Waals surface area contributed by atoms with Crippen molar-refractivity contribution < 1.29 is 9.59 Å². The van der Waals surface area contributed by atoms with Crippen LogP contribution in [0.3, 0.4) is 0 Å². The van der Waals surface area contributed by atoms with Crippen molar-refractivity contribution >= 4 is 23.2 Å². The van der Waals surface area contributed by atoms with Crippen LogP contribution in [0.4, 0.5) is 5.69 Å². The van der Waals surface area contributed by atoms with Crippen molar-refractivity contribution in [1.29, 1.82) is 0 Å². The van der Waals surface area contributed by atoms with Crippen LogP contribution in [-0.4, -0.2) is 33.5 Å². The zero-order chi connectivity index (χ0) is 19.9. The van der Waals surface area contributed by atoms with Gasteiger partial charge in [0, 0.05) is 18.5 Å². The average molecular weight is 375 g/mol. The van der Waals surface area contributed by atoms with E-state index in [1.165, 1.54) is 0 Å². The minimum atomic E-state index is -1.11. The fraction of sp³-hybridized carbons (Fsp3) is 0.348. The summed E-state index contributed by atoms with van der Waals surface area (Å²) in [6.45, 7) is 6.24. The quantitative estimate of drug-likeness (QED) is 0.872. The topological polar surface area (TPSA) is 61.8 Å². The number of fused-ring (bicyclic) bond motifs is 2. The molecular weight excluding hydrogens is 350 g/mol. The van der Waals surface area contributed by atoms with Gasteiger partial charge in [0.15, 0.2) is 5.54 Å². The first-order chi connectivity index (χ1) is 13.3. The summed E-state index contributed by atoms with van der Waals surface area (Å²) in [4.78, 5) is 33.3. The Morgan fingerprint density at radius 3 is 2.46 bits per heavy atom. The third-order valence-corrected chi connectivity index (χ3v) is 5.32. The number of carbonyl (C=O) groups is 2. The van der Waals surface area contributed by atoms with Gasteiger partial charge in [-0.3, -0.25) is 9.59 Å². The van der Waals surface area contributed by atoms with Crippen LogP contribution in [0.5, 0.6) is 0 Å². The monoisotopic (exact) mass is 375 g/mol. The van der Waals surface area contributed by atoms with Crippen molar-refractivity contribution in [3.63, 3.8) is 0 Å². The van der Waals surface area contributed by atoms with E-state index in [1.54, 1.807) is 4.90 Å². The zero-order valence-electron chi connectivity index (χ0n) is 16.5. The largest absolute Gasteiger partial charge is 0.349 e. The molecule has 0 saturated carbocycles. The number of nitrogens with zero attached hydrogens (tertiary/aromatic N) is 2. The Bertz CT molecular complexity index is 959. The minimum absolute atomic E-state index is 0.00982. The van der Waals surface area contributed by atoms with Crippen molar-refractivity contribution in [2.45, 2.75) is 51.2 Å². The summed E-state index contributed by atoms with van der Waals surface area (Å²) >= 11 is 0. The molecule has 144 valence electrons. The van der Waals surface area contributed by atoms with Crippen LogP contribution < -0.4 is 5.32 Å². The maximum absolute atomic E-state index is 13.7. The van der Waals surface area contributed by atoms with Crippen LogP contribution in [-0.2, 0) is 16.1 Å². The minimum Gasteiger partial charge on any atom is -0.349 e. The molecule has 2 heterocycles. The smallest absolute Gasteiger partial charge is 0.252 e. The van der Waals surface area contributed by atoms with Gasteiger partial charge < -0.3 is 10.2 Å². The molecule has 28 heavy (non-hydrogen) atoms. The molecule has 0 aliphatic carbocycles. The standard InChI is InChI=1S/C23H25N3O2/c1-22(2,3)25-21(28)23-14-13-19(27)26(23)15-17-11-7-8-12-18(17)24-20(23)16-9-5-4-6-10-16/h4-12H,13-15H2,1-3H3,(H,25,28)/t23-/m1/s1. The summed E-state index contributed by atoms with van der Waals surface area (Å²) in [7, 11) is 0. The van der Waals surface area contributed by atoms with Crippen LogP contribution in [0.15, 0.2) is 59.6 Å². The number of nitrogens with one attached hydrogen (secondary N) is 1. The number of benzene rings is 2. The van der Waals surface area contributed by atoms with E-state index in [9.17, 15) is 9.59 Å². The Hall–Kier alpha value is -2.95. The van der Waals surface area contributed by atoms with E-state index >= 15 is 0 Å². The highest BCUT2D eigenvalue weighted by molar-refractivity contribution is 6.24. The molecule has 0 unspecified atom stereocenters. The van der Waals surface area contributed by atoms with E-state index in [1.807, 2.05) is 75.4 Å². The zero-order valence-corrected chi connectivity index (χ0v) is 16.5. The van der Waals surface area contributed by atoms with Crippen LogP contribution in [0.25, 0.3) is 0 Å². The van der Waals surface area contributed by atoms with Gasteiger partial charge in [0.2, 0.25) is 5.91 Å². The molecule has 5 nitrogen and oxygen atoms in total. The lowest BCUT2D eigenvalue weighted by atomic mass is 9.84. The number of hydrogen-bond acceptors (Lipinski definition) is 3.